The quantitative estimate of drug-likeness (QED) is 0.830. The van der Waals surface area contributed by atoms with Crippen LogP contribution in [0.4, 0.5) is 5.69 Å². The molecule has 0 aromatic heterocycles. The van der Waals surface area contributed by atoms with E-state index in [1.807, 2.05) is 36.4 Å². The molecule has 0 saturated heterocycles. The van der Waals surface area contributed by atoms with Gasteiger partial charge in [-0.05, 0) is 35.9 Å². The van der Waals surface area contributed by atoms with E-state index < -0.39 is 0 Å². The predicted octanol–water partition coefficient (Wildman–Crippen LogP) is 4.24. The molecular weight excluding hydrogens is 299 g/mol. The van der Waals surface area contributed by atoms with Gasteiger partial charge in [-0.1, -0.05) is 47.6 Å². The van der Waals surface area contributed by atoms with Crippen LogP contribution in [0, 0.1) is 0 Å². The van der Waals surface area contributed by atoms with Crippen molar-refractivity contribution >= 4 is 46.1 Å². The highest BCUT2D eigenvalue weighted by Gasteiger charge is 2.05. The largest absolute Gasteiger partial charge is 0.389 e. The van der Waals surface area contributed by atoms with Crippen LogP contribution in [0.25, 0.3) is 0 Å². The Hall–Kier alpha value is -1.29. The van der Waals surface area contributed by atoms with Crippen molar-refractivity contribution in [2.24, 2.45) is 5.73 Å². The fourth-order valence-electron chi connectivity index (χ4n) is 1.68. The van der Waals surface area contributed by atoms with Gasteiger partial charge in [-0.2, -0.15) is 0 Å². The molecule has 2 nitrogen and oxygen atoms in total. The first-order valence-corrected chi connectivity index (χ1v) is 6.80. The van der Waals surface area contributed by atoms with E-state index >= 15 is 0 Å². The molecule has 2 rings (SSSR count). The molecule has 0 aliphatic rings. The molecular formula is C14H12Cl2N2S. The first-order chi connectivity index (χ1) is 9.06. The molecule has 0 radical (unpaired) electrons. The summed E-state index contributed by atoms with van der Waals surface area (Å²) in [5.41, 5.74) is 8.41. The molecule has 0 fully saturated rings. The van der Waals surface area contributed by atoms with Crippen LogP contribution in [0.1, 0.15) is 11.1 Å². The number of halogens is 2. The van der Waals surface area contributed by atoms with Gasteiger partial charge in [-0.15, -0.1) is 0 Å². The van der Waals surface area contributed by atoms with E-state index in [4.69, 9.17) is 41.2 Å². The van der Waals surface area contributed by atoms with Gasteiger partial charge in [0.05, 0.1) is 0 Å². The van der Waals surface area contributed by atoms with Crippen LogP contribution in [0.2, 0.25) is 10.0 Å². The number of benzene rings is 2. The minimum absolute atomic E-state index is 0.343. The Labute approximate surface area is 127 Å². The van der Waals surface area contributed by atoms with E-state index in [0.717, 1.165) is 21.8 Å². The Morgan fingerprint density at radius 2 is 1.68 bits per heavy atom. The molecule has 0 unspecified atom stereocenters. The van der Waals surface area contributed by atoms with Crippen molar-refractivity contribution in [2.75, 3.05) is 5.32 Å². The van der Waals surface area contributed by atoms with Gasteiger partial charge in [-0.25, -0.2) is 0 Å². The van der Waals surface area contributed by atoms with E-state index in [1.165, 1.54) is 0 Å². The normalized spacial score (nSPS) is 10.2. The van der Waals surface area contributed by atoms with Crippen LogP contribution in [0.5, 0.6) is 0 Å². The summed E-state index contributed by atoms with van der Waals surface area (Å²) in [6.07, 6.45) is 0. The zero-order valence-corrected chi connectivity index (χ0v) is 12.3. The third-order valence-corrected chi connectivity index (χ3v) is 3.35. The summed E-state index contributed by atoms with van der Waals surface area (Å²) in [5, 5.41) is 4.63. The molecule has 0 aliphatic carbocycles. The predicted molar refractivity (Wildman–Crippen MR) is 86.1 cm³/mol. The number of rotatable bonds is 4. The second-order valence-corrected chi connectivity index (χ2v) is 5.35. The lowest BCUT2D eigenvalue weighted by Gasteiger charge is -2.12. The molecule has 5 heteroatoms. The van der Waals surface area contributed by atoms with Gasteiger partial charge in [0.15, 0.2) is 0 Å². The number of nitrogens with two attached hydrogens (primary N) is 1. The number of thiocarbonyl (C=S) groups is 1. The average molecular weight is 311 g/mol. The molecule has 98 valence electrons. The third-order valence-electron chi connectivity index (χ3n) is 2.64. The van der Waals surface area contributed by atoms with Gasteiger partial charge >= 0.3 is 0 Å². The summed E-state index contributed by atoms with van der Waals surface area (Å²) in [6.45, 7) is 0.646. The standard InChI is InChI=1S/C14H12Cl2N2S/c15-10-3-1-9(2-4-10)8-18-13-7-11(16)5-6-12(13)14(17)19/h1-7,18H,8H2,(H2,17,19). The summed E-state index contributed by atoms with van der Waals surface area (Å²) in [7, 11) is 0. The molecule has 19 heavy (non-hydrogen) atoms. The van der Waals surface area contributed by atoms with E-state index in [1.54, 1.807) is 6.07 Å². The molecule has 0 saturated carbocycles. The van der Waals surface area contributed by atoms with Gasteiger partial charge in [0, 0.05) is 27.8 Å². The number of anilines is 1. The van der Waals surface area contributed by atoms with Crippen molar-refractivity contribution < 1.29 is 0 Å². The average Bonchev–Trinajstić information content (AvgIpc) is 2.38. The molecule has 2 aromatic carbocycles. The summed E-state index contributed by atoms with van der Waals surface area (Å²) in [4.78, 5) is 0.343. The Balaban J connectivity index is 2.16. The van der Waals surface area contributed by atoms with Gasteiger partial charge in [0.25, 0.3) is 0 Å². The highest BCUT2D eigenvalue weighted by Crippen LogP contribution is 2.22. The highest BCUT2D eigenvalue weighted by atomic mass is 35.5. The lowest BCUT2D eigenvalue weighted by molar-refractivity contribution is 1.15. The number of nitrogens with one attached hydrogen (secondary N) is 1. The van der Waals surface area contributed by atoms with Crippen molar-refractivity contribution in [2.45, 2.75) is 6.54 Å². The first-order valence-electron chi connectivity index (χ1n) is 5.64. The first kappa shape index (κ1) is 14.1. The van der Waals surface area contributed by atoms with Crippen molar-refractivity contribution in [3.05, 3.63) is 63.6 Å². The summed E-state index contributed by atoms with van der Waals surface area (Å²) < 4.78 is 0. The molecule has 0 amide bonds. The monoisotopic (exact) mass is 310 g/mol. The van der Waals surface area contributed by atoms with E-state index in [9.17, 15) is 0 Å². The molecule has 0 heterocycles. The maximum atomic E-state index is 5.98. The zero-order valence-electron chi connectivity index (χ0n) is 9.99. The minimum atomic E-state index is 0.343. The SMILES string of the molecule is NC(=S)c1ccc(Cl)cc1NCc1ccc(Cl)cc1. The second kappa shape index (κ2) is 6.24. The van der Waals surface area contributed by atoms with Gasteiger partial charge in [-0.3, -0.25) is 0 Å². The fraction of sp³-hybridized carbons (Fsp3) is 0.0714. The van der Waals surface area contributed by atoms with E-state index in [0.29, 0.717) is 16.6 Å². The van der Waals surface area contributed by atoms with Crippen molar-refractivity contribution in [1.82, 2.24) is 0 Å². The highest BCUT2D eigenvalue weighted by molar-refractivity contribution is 7.80. The fourth-order valence-corrected chi connectivity index (χ4v) is 2.15. The Bertz CT molecular complexity index is 597. The lowest BCUT2D eigenvalue weighted by Crippen LogP contribution is -2.13. The van der Waals surface area contributed by atoms with Crippen LogP contribution in [-0.2, 0) is 6.54 Å². The van der Waals surface area contributed by atoms with Crippen molar-refractivity contribution in [1.29, 1.82) is 0 Å². The Kier molecular flexibility index (Phi) is 4.64. The lowest BCUT2D eigenvalue weighted by atomic mass is 10.1. The molecule has 0 spiro atoms. The maximum Gasteiger partial charge on any atom is 0.106 e. The van der Waals surface area contributed by atoms with Gasteiger partial charge in [0.2, 0.25) is 0 Å². The number of hydrogen-bond acceptors (Lipinski definition) is 2. The molecule has 2 aromatic rings. The maximum absolute atomic E-state index is 5.98. The van der Waals surface area contributed by atoms with Crippen LogP contribution < -0.4 is 11.1 Å². The van der Waals surface area contributed by atoms with Crippen LogP contribution in [-0.4, -0.2) is 4.99 Å². The molecule has 0 aliphatic heterocycles. The summed E-state index contributed by atoms with van der Waals surface area (Å²) >= 11 is 16.8. The van der Waals surface area contributed by atoms with Crippen LogP contribution in [0.15, 0.2) is 42.5 Å². The molecule has 0 atom stereocenters. The zero-order chi connectivity index (χ0) is 13.8. The van der Waals surface area contributed by atoms with Crippen LogP contribution in [0.3, 0.4) is 0 Å². The molecule has 0 bridgehead atoms. The topological polar surface area (TPSA) is 38.0 Å². The summed E-state index contributed by atoms with van der Waals surface area (Å²) in [5.74, 6) is 0. The third kappa shape index (κ3) is 3.83. The van der Waals surface area contributed by atoms with E-state index in [-0.39, 0.29) is 0 Å². The van der Waals surface area contributed by atoms with Crippen molar-refractivity contribution in [3.63, 3.8) is 0 Å². The Morgan fingerprint density at radius 3 is 2.32 bits per heavy atom. The smallest absolute Gasteiger partial charge is 0.106 e. The van der Waals surface area contributed by atoms with Gasteiger partial charge in [0.1, 0.15) is 4.99 Å². The molecule has 3 N–H and O–H groups in total. The van der Waals surface area contributed by atoms with Crippen molar-refractivity contribution in [3.8, 4) is 0 Å². The summed E-state index contributed by atoms with van der Waals surface area (Å²) in [6, 6.07) is 13.0. The minimum Gasteiger partial charge on any atom is -0.389 e. The van der Waals surface area contributed by atoms with Crippen LogP contribution >= 0.6 is 35.4 Å². The Morgan fingerprint density at radius 1 is 1.05 bits per heavy atom. The van der Waals surface area contributed by atoms with E-state index in [2.05, 4.69) is 5.32 Å². The van der Waals surface area contributed by atoms with Gasteiger partial charge < -0.3 is 11.1 Å². The second-order valence-electron chi connectivity index (χ2n) is 4.03. The number of hydrogen-bond donors (Lipinski definition) is 2.